The number of fused-ring (bicyclic) bond motifs is 1. The number of nitriles is 3. The second kappa shape index (κ2) is 9.91. The lowest BCUT2D eigenvalue weighted by Gasteiger charge is -2.22. The van der Waals surface area contributed by atoms with Crippen molar-refractivity contribution in [2.45, 2.75) is 45.2 Å². The smallest absolute Gasteiger partial charge is 0.150 e. The number of nitrogens with zero attached hydrogens (tertiary/aromatic N) is 7. The van der Waals surface area contributed by atoms with Crippen LogP contribution < -0.4 is 10.6 Å². The van der Waals surface area contributed by atoms with Gasteiger partial charge >= 0.3 is 0 Å². The van der Waals surface area contributed by atoms with E-state index in [9.17, 15) is 15.8 Å². The van der Waals surface area contributed by atoms with Gasteiger partial charge in [0.05, 0.1) is 40.6 Å². The molecule has 1 aliphatic carbocycles. The van der Waals surface area contributed by atoms with Gasteiger partial charge in [0.1, 0.15) is 17.8 Å². The van der Waals surface area contributed by atoms with E-state index in [0.29, 0.717) is 50.7 Å². The van der Waals surface area contributed by atoms with Gasteiger partial charge in [0, 0.05) is 28.8 Å². The van der Waals surface area contributed by atoms with Gasteiger partial charge in [-0.3, -0.25) is 4.98 Å². The summed E-state index contributed by atoms with van der Waals surface area (Å²) in [5.41, 5.74) is 3.16. The van der Waals surface area contributed by atoms with Crippen LogP contribution in [0.4, 0.5) is 11.4 Å². The van der Waals surface area contributed by atoms with Gasteiger partial charge in [-0.15, -0.1) is 5.10 Å². The van der Waals surface area contributed by atoms with Crippen molar-refractivity contribution in [3.8, 4) is 18.2 Å². The van der Waals surface area contributed by atoms with Crippen molar-refractivity contribution in [3.63, 3.8) is 0 Å². The SMILES string of the molecule is CC(C)(C)CNc1c(C#N)cnc2c(C#N)cc(NC(c3cn(C4(C#N)CC4)nn3)c3ccccc3Cl)cc12. The lowest BCUT2D eigenvalue weighted by Crippen LogP contribution is -2.20. The number of benzene rings is 2. The second-order valence-corrected chi connectivity index (χ2v) is 11.3. The molecule has 194 valence electrons. The molecule has 1 fully saturated rings. The van der Waals surface area contributed by atoms with E-state index in [0.717, 1.165) is 18.4 Å². The number of nitrogens with one attached hydrogen (secondary N) is 2. The first-order valence-electron chi connectivity index (χ1n) is 12.5. The zero-order valence-corrected chi connectivity index (χ0v) is 22.6. The van der Waals surface area contributed by atoms with Gasteiger partial charge < -0.3 is 10.6 Å². The predicted molar refractivity (Wildman–Crippen MR) is 149 cm³/mol. The third-order valence-corrected chi connectivity index (χ3v) is 7.06. The van der Waals surface area contributed by atoms with Crippen molar-refractivity contribution in [3.05, 3.63) is 76.2 Å². The molecule has 0 bridgehead atoms. The molecule has 2 N–H and O–H groups in total. The maximum absolute atomic E-state index is 10.00. The van der Waals surface area contributed by atoms with Crippen LogP contribution in [0.2, 0.25) is 5.02 Å². The van der Waals surface area contributed by atoms with Gasteiger partial charge in [0.2, 0.25) is 0 Å². The van der Waals surface area contributed by atoms with Gasteiger partial charge in [-0.05, 0) is 42.0 Å². The highest BCUT2D eigenvalue weighted by Gasteiger charge is 2.47. The topological polar surface area (TPSA) is 139 Å². The van der Waals surface area contributed by atoms with Crippen LogP contribution in [0.5, 0.6) is 0 Å². The molecule has 10 heteroatoms. The summed E-state index contributed by atoms with van der Waals surface area (Å²) in [6, 6.07) is 17.3. The zero-order valence-electron chi connectivity index (χ0n) is 21.8. The maximum Gasteiger partial charge on any atom is 0.150 e. The summed E-state index contributed by atoms with van der Waals surface area (Å²) < 4.78 is 1.62. The quantitative estimate of drug-likeness (QED) is 0.298. The van der Waals surface area contributed by atoms with E-state index < -0.39 is 11.6 Å². The second-order valence-electron chi connectivity index (χ2n) is 10.9. The Labute approximate surface area is 231 Å². The molecule has 1 atom stereocenters. The Balaban J connectivity index is 1.63. The van der Waals surface area contributed by atoms with Crippen LogP contribution in [-0.4, -0.2) is 26.5 Å². The minimum atomic E-state index is -0.653. The molecule has 9 nitrogen and oxygen atoms in total. The third kappa shape index (κ3) is 5.08. The van der Waals surface area contributed by atoms with Crippen LogP contribution >= 0.6 is 11.6 Å². The van der Waals surface area contributed by atoms with Crippen LogP contribution in [0.1, 0.15) is 62.0 Å². The zero-order chi connectivity index (χ0) is 27.8. The van der Waals surface area contributed by atoms with Gasteiger partial charge in [0.15, 0.2) is 5.54 Å². The number of halogens is 1. The van der Waals surface area contributed by atoms with Gasteiger partial charge in [-0.25, -0.2) is 4.68 Å². The molecule has 0 spiro atoms. The highest BCUT2D eigenvalue weighted by Crippen LogP contribution is 2.43. The number of rotatable bonds is 7. The monoisotopic (exact) mass is 535 g/mol. The summed E-state index contributed by atoms with van der Waals surface area (Å²) >= 11 is 6.62. The molecular formula is C29H26ClN9. The summed E-state index contributed by atoms with van der Waals surface area (Å²) in [5, 5.41) is 46.2. The molecule has 0 aliphatic heterocycles. The van der Waals surface area contributed by atoms with Crippen molar-refractivity contribution in [1.82, 2.24) is 20.0 Å². The highest BCUT2D eigenvalue weighted by atomic mass is 35.5. The minimum Gasteiger partial charge on any atom is -0.383 e. The van der Waals surface area contributed by atoms with Crippen LogP contribution in [-0.2, 0) is 5.54 Å². The lowest BCUT2D eigenvalue weighted by molar-refractivity contribution is 0.443. The molecular weight excluding hydrogens is 510 g/mol. The summed E-state index contributed by atoms with van der Waals surface area (Å²) in [5.74, 6) is 0. The molecule has 1 aliphatic rings. The fourth-order valence-corrected chi connectivity index (χ4v) is 4.66. The molecule has 2 aromatic heterocycles. The van der Waals surface area contributed by atoms with E-state index in [1.54, 1.807) is 23.0 Å². The van der Waals surface area contributed by atoms with Crippen LogP contribution in [0, 0.1) is 39.4 Å². The number of hydrogen-bond acceptors (Lipinski definition) is 8. The van der Waals surface area contributed by atoms with Crippen molar-refractivity contribution < 1.29 is 0 Å². The summed E-state index contributed by atoms with van der Waals surface area (Å²) in [6.07, 6.45) is 4.72. The standard InChI is InChI=1S/C29H26ClN9/c1-28(2,3)17-35-26-19(13-32)14-34-25-18(12-31)10-20(11-22(25)26)36-27(21-6-4-5-7-23(21)30)24-15-39(38-37-24)29(16-33)8-9-29/h4-7,10-11,14-15,27,36H,8-9,17H2,1-3H3,(H,34,35). The molecule has 39 heavy (non-hydrogen) atoms. The van der Waals surface area contributed by atoms with Crippen molar-refractivity contribution in [1.29, 1.82) is 15.8 Å². The minimum absolute atomic E-state index is 0.0421. The Morgan fingerprint density at radius 2 is 1.85 bits per heavy atom. The molecule has 5 rings (SSSR count). The van der Waals surface area contributed by atoms with Crippen LogP contribution in [0.25, 0.3) is 10.9 Å². The Bertz CT molecular complexity index is 1690. The highest BCUT2D eigenvalue weighted by molar-refractivity contribution is 6.31. The summed E-state index contributed by atoms with van der Waals surface area (Å²) in [7, 11) is 0. The number of pyridine rings is 1. The molecule has 2 heterocycles. The van der Waals surface area contributed by atoms with E-state index in [1.165, 1.54) is 6.20 Å². The van der Waals surface area contributed by atoms with E-state index in [2.05, 4.69) is 64.9 Å². The normalized spacial score (nSPS) is 14.6. The summed E-state index contributed by atoms with van der Waals surface area (Å²) in [4.78, 5) is 4.44. The van der Waals surface area contributed by atoms with E-state index >= 15 is 0 Å². The fraction of sp³-hybridized carbons (Fsp3) is 0.310. The third-order valence-electron chi connectivity index (χ3n) is 6.71. The van der Waals surface area contributed by atoms with E-state index in [-0.39, 0.29) is 5.41 Å². The Hall–Kier alpha value is -4.65. The van der Waals surface area contributed by atoms with Crippen molar-refractivity contribution >= 4 is 33.9 Å². The molecule has 4 aromatic rings. The molecule has 1 unspecified atom stereocenters. The predicted octanol–water partition coefficient (Wildman–Crippen LogP) is 5.90. The molecule has 1 saturated carbocycles. The maximum atomic E-state index is 10.00. The van der Waals surface area contributed by atoms with Crippen LogP contribution in [0.3, 0.4) is 0 Å². The average molecular weight is 536 g/mol. The van der Waals surface area contributed by atoms with Gasteiger partial charge in [0.25, 0.3) is 0 Å². The van der Waals surface area contributed by atoms with Crippen LogP contribution in [0.15, 0.2) is 48.8 Å². The molecule has 0 saturated heterocycles. The Morgan fingerprint density at radius 3 is 2.49 bits per heavy atom. The Morgan fingerprint density at radius 1 is 1.10 bits per heavy atom. The molecule has 2 aromatic carbocycles. The molecule has 0 amide bonds. The van der Waals surface area contributed by atoms with E-state index in [4.69, 9.17) is 11.6 Å². The Kier molecular flexibility index (Phi) is 6.60. The van der Waals surface area contributed by atoms with E-state index in [1.807, 2.05) is 24.3 Å². The fourth-order valence-electron chi connectivity index (χ4n) is 4.42. The van der Waals surface area contributed by atoms with Crippen molar-refractivity contribution in [2.75, 3.05) is 17.2 Å². The van der Waals surface area contributed by atoms with Gasteiger partial charge in [-0.2, -0.15) is 15.8 Å². The lowest BCUT2D eigenvalue weighted by atomic mass is 9.96. The average Bonchev–Trinajstić information content (AvgIpc) is 3.57. The van der Waals surface area contributed by atoms with Crippen molar-refractivity contribution in [2.24, 2.45) is 5.41 Å². The number of aromatic nitrogens is 4. The first-order valence-corrected chi connectivity index (χ1v) is 12.9. The van der Waals surface area contributed by atoms with Gasteiger partial charge in [-0.1, -0.05) is 55.8 Å². The largest absolute Gasteiger partial charge is 0.383 e. The first kappa shape index (κ1) is 26.0. The number of anilines is 2. The summed E-state index contributed by atoms with van der Waals surface area (Å²) in [6.45, 7) is 6.92. The first-order chi connectivity index (χ1) is 18.7. The number of hydrogen-bond donors (Lipinski definition) is 2. The molecule has 0 radical (unpaired) electrons.